The summed E-state index contributed by atoms with van der Waals surface area (Å²) in [5, 5.41) is 6.62. The lowest BCUT2D eigenvalue weighted by Gasteiger charge is -2.28. The first kappa shape index (κ1) is 31.4. The monoisotopic (exact) mass is 611 g/mol. The highest BCUT2D eigenvalue weighted by molar-refractivity contribution is 7.89. The van der Waals surface area contributed by atoms with E-state index in [0.29, 0.717) is 24.5 Å². The van der Waals surface area contributed by atoms with Gasteiger partial charge in [-0.3, -0.25) is 4.79 Å². The number of sulfonamides is 1. The van der Waals surface area contributed by atoms with Gasteiger partial charge in [-0.15, -0.1) is 0 Å². The number of rotatable bonds is 13. The molecule has 0 spiro atoms. The second-order valence-corrected chi connectivity index (χ2v) is 13.4. The van der Waals surface area contributed by atoms with Crippen LogP contribution in [0.15, 0.2) is 108 Å². The maximum Gasteiger partial charge on any atom is 0.241 e. The Morgan fingerprint density at radius 3 is 2.27 bits per heavy atom. The molecule has 5 rings (SSSR count). The van der Waals surface area contributed by atoms with Crippen LogP contribution in [0.25, 0.3) is 11.1 Å². The van der Waals surface area contributed by atoms with Gasteiger partial charge in [0.15, 0.2) is 0 Å². The predicted octanol–water partition coefficient (Wildman–Crippen LogP) is 6.54. The molecule has 1 aliphatic heterocycles. The maximum atomic E-state index is 13.5. The van der Waals surface area contributed by atoms with Crippen LogP contribution in [0.4, 0.5) is 0 Å². The summed E-state index contributed by atoms with van der Waals surface area (Å²) in [5.41, 5.74) is 4.72. The summed E-state index contributed by atoms with van der Waals surface area (Å²) in [6.07, 6.45) is 1.71. The SMILES string of the molecule is CC(C)CCNCc1ccc2c(c1)OCCC2NC(=O)CC(NS(=O)(=O)c1ccc(-c2ccccc2)cc1)c1ccccc1. The van der Waals surface area contributed by atoms with Crippen molar-refractivity contribution >= 4 is 15.9 Å². The molecule has 0 bridgehead atoms. The average Bonchev–Trinajstić information content (AvgIpc) is 3.03. The third kappa shape index (κ3) is 8.34. The standard InChI is InChI=1S/C36H41N3O4S/c1-26(2)19-21-37-25-27-13-18-32-33(20-22-43-35(32)23-27)38-36(40)24-34(30-11-7-4-8-12-30)39-44(41,42)31-16-14-29(15-17-31)28-9-5-3-6-10-28/h3-18,23,26,33-34,37,39H,19-22,24-25H2,1-2H3,(H,38,40). The molecule has 1 amide bonds. The first-order chi connectivity index (χ1) is 21.3. The van der Waals surface area contributed by atoms with E-state index in [2.05, 4.69) is 35.3 Å². The molecule has 4 aromatic carbocycles. The van der Waals surface area contributed by atoms with Crippen molar-refractivity contribution in [2.45, 2.75) is 56.6 Å². The first-order valence-electron chi connectivity index (χ1n) is 15.3. The van der Waals surface area contributed by atoms with Crippen molar-refractivity contribution in [3.8, 4) is 16.9 Å². The molecule has 7 nitrogen and oxygen atoms in total. The van der Waals surface area contributed by atoms with Crippen molar-refractivity contribution in [2.75, 3.05) is 13.2 Å². The highest BCUT2D eigenvalue weighted by Gasteiger charge is 2.27. The number of nitrogens with one attached hydrogen (secondary N) is 3. The highest BCUT2D eigenvalue weighted by atomic mass is 32.2. The fourth-order valence-corrected chi connectivity index (χ4v) is 6.61. The van der Waals surface area contributed by atoms with Crippen molar-refractivity contribution in [3.63, 3.8) is 0 Å². The minimum absolute atomic E-state index is 0.0457. The quantitative estimate of drug-likeness (QED) is 0.149. The largest absolute Gasteiger partial charge is 0.493 e. The molecule has 0 radical (unpaired) electrons. The number of ether oxygens (including phenoxy) is 1. The third-order valence-electron chi connectivity index (χ3n) is 7.84. The molecule has 3 N–H and O–H groups in total. The summed E-state index contributed by atoms with van der Waals surface area (Å²) in [6, 6.07) is 31.0. The van der Waals surface area contributed by atoms with Crippen LogP contribution in [-0.2, 0) is 21.4 Å². The lowest BCUT2D eigenvalue weighted by Crippen LogP contribution is -2.36. The minimum atomic E-state index is -3.91. The van der Waals surface area contributed by atoms with Gasteiger partial charge in [-0.2, -0.15) is 0 Å². The Labute approximate surface area is 261 Å². The second kappa shape index (κ2) is 14.7. The smallest absolute Gasteiger partial charge is 0.241 e. The zero-order valence-electron chi connectivity index (χ0n) is 25.3. The van der Waals surface area contributed by atoms with Crippen LogP contribution in [0.3, 0.4) is 0 Å². The van der Waals surface area contributed by atoms with Gasteiger partial charge in [-0.05, 0) is 59.3 Å². The summed E-state index contributed by atoms with van der Waals surface area (Å²) >= 11 is 0. The fourth-order valence-electron chi connectivity index (χ4n) is 5.38. The lowest BCUT2D eigenvalue weighted by atomic mass is 9.98. The van der Waals surface area contributed by atoms with Gasteiger partial charge in [-0.25, -0.2) is 13.1 Å². The van der Waals surface area contributed by atoms with Gasteiger partial charge in [0.25, 0.3) is 0 Å². The van der Waals surface area contributed by atoms with Crippen LogP contribution < -0.4 is 20.1 Å². The van der Waals surface area contributed by atoms with E-state index in [0.717, 1.165) is 47.5 Å². The molecule has 2 atom stereocenters. The summed E-state index contributed by atoms with van der Waals surface area (Å²) in [6.45, 7) is 6.64. The molecule has 0 saturated heterocycles. The fraction of sp³-hybridized carbons (Fsp3) is 0.306. The summed E-state index contributed by atoms with van der Waals surface area (Å²) in [4.78, 5) is 13.6. The van der Waals surface area contributed by atoms with Crippen molar-refractivity contribution < 1.29 is 17.9 Å². The van der Waals surface area contributed by atoms with E-state index < -0.39 is 16.1 Å². The van der Waals surface area contributed by atoms with Gasteiger partial charge < -0.3 is 15.4 Å². The molecule has 0 fully saturated rings. The normalized spacial score (nSPS) is 15.3. The van der Waals surface area contributed by atoms with Gasteiger partial charge in [0, 0.05) is 24.9 Å². The molecule has 1 heterocycles. The third-order valence-corrected chi connectivity index (χ3v) is 9.33. The Morgan fingerprint density at radius 1 is 0.886 bits per heavy atom. The number of hydrogen-bond acceptors (Lipinski definition) is 5. The van der Waals surface area contributed by atoms with Crippen LogP contribution in [0.2, 0.25) is 0 Å². The van der Waals surface area contributed by atoms with Crippen LogP contribution in [0.5, 0.6) is 5.75 Å². The molecular formula is C36H41N3O4S. The predicted molar refractivity (Wildman–Crippen MR) is 175 cm³/mol. The van der Waals surface area contributed by atoms with E-state index in [1.54, 1.807) is 24.3 Å². The van der Waals surface area contributed by atoms with Crippen LogP contribution in [0.1, 0.15) is 61.9 Å². The Hall–Kier alpha value is -3.98. The van der Waals surface area contributed by atoms with E-state index in [1.165, 1.54) is 0 Å². The molecule has 2 unspecified atom stereocenters. The molecule has 8 heteroatoms. The zero-order chi connectivity index (χ0) is 30.9. The molecule has 0 aromatic heterocycles. The number of fused-ring (bicyclic) bond motifs is 1. The number of benzene rings is 4. The maximum absolute atomic E-state index is 13.5. The summed E-state index contributed by atoms with van der Waals surface area (Å²) in [7, 11) is -3.91. The van der Waals surface area contributed by atoms with Crippen molar-refractivity contribution in [1.82, 2.24) is 15.4 Å². The van der Waals surface area contributed by atoms with Gasteiger partial charge in [0.2, 0.25) is 15.9 Å². The van der Waals surface area contributed by atoms with E-state index >= 15 is 0 Å². The van der Waals surface area contributed by atoms with E-state index in [4.69, 9.17) is 4.74 Å². The molecule has 1 aliphatic rings. The Bertz CT molecular complexity index is 1630. The van der Waals surface area contributed by atoms with Crippen molar-refractivity contribution in [2.24, 2.45) is 5.92 Å². The minimum Gasteiger partial charge on any atom is -0.493 e. The Morgan fingerprint density at radius 2 is 1.57 bits per heavy atom. The Kier molecular flexibility index (Phi) is 10.5. The van der Waals surface area contributed by atoms with E-state index in [9.17, 15) is 13.2 Å². The van der Waals surface area contributed by atoms with Gasteiger partial charge in [0.1, 0.15) is 5.75 Å². The van der Waals surface area contributed by atoms with Gasteiger partial charge >= 0.3 is 0 Å². The summed E-state index contributed by atoms with van der Waals surface area (Å²) < 4.78 is 35.7. The molecular weight excluding hydrogens is 570 g/mol. The molecule has 44 heavy (non-hydrogen) atoms. The van der Waals surface area contributed by atoms with Crippen molar-refractivity contribution in [3.05, 3.63) is 120 Å². The van der Waals surface area contributed by atoms with Gasteiger partial charge in [-0.1, -0.05) is 98.8 Å². The molecule has 0 saturated carbocycles. The van der Waals surface area contributed by atoms with Crippen LogP contribution in [0, 0.1) is 5.92 Å². The average molecular weight is 612 g/mol. The Balaban J connectivity index is 1.26. The first-order valence-corrected chi connectivity index (χ1v) is 16.8. The molecule has 0 aliphatic carbocycles. The van der Waals surface area contributed by atoms with E-state index in [1.807, 2.05) is 72.8 Å². The van der Waals surface area contributed by atoms with Crippen LogP contribution >= 0.6 is 0 Å². The highest BCUT2D eigenvalue weighted by Crippen LogP contribution is 2.33. The van der Waals surface area contributed by atoms with Gasteiger partial charge in [0.05, 0.1) is 23.6 Å². The zero-order valence-corrected chi connectivity index (χ0v) is 26.1. The lowest BCUT2D eigenvalue weighted by molar-refractivity contribution is -0.122. The summed E-state index contributed by atoms with van der Waals surface area (Å²) in [5.74, 6) is 1.20. The molecule has 230 valence electrons. The topological polar surface area (TPSA) is 96.5 Å². The number of carbonyl (C=O) groups excluding carboxylic acids is 1. The van der Waals surface area contributed by atoms with Crippen LogP contribution in [-0.4, -0.2) is 27.5 Å². The second-order valence-electron chi connectivity index (χ2n) is 11.7. The number of hydrogen-bond donors (Lipinski definition) is 3. The number of carbonyl (C=O) groups is 1. The number of amides is 1. The molecule has 4 aromatic rings. The van der Waals surface area contributed by atoms with E-state index in [-0.39, 0.29) is 23.3 Å². The van der Waals surface area contributed by atoms with Crippen molar-refractivity contribution in [1.29, 1.82) is 0 Å².